The van der Waals surface area contributed by atoms with Gasteiger partial charge in [0.15, 0.2) is 5.82 Å². The molecular weight excluding hydrogens is 475 g/mol. The molecule has 0 saturated heterocycles. The van der Waals surface area contributed by atoms with Crippen LogP contribution in [-0.4, -0.2) is 43.5 Å². The number of benzene rings is 2. The lowest BCUT2D eigenvalue weighted by atomic mass is 10.1. The summed E-state index contributed by atoms with van der Waals surface area (Å²) in [4.78, 5) is 14.1. The minimum Gasteiger partial charge on any atom is -0.496 e. The van der Waals surface area contributed by atoms with Gasteiger partial charge in [-0.1, -0.05) is 30.3 Å². The number of alkyl halides is 3. The van der Waals surface area contributed by atoms with Crippen LogP contribution < -0.4 is 25.0 Å². The smallest absolute Gasteiger partial charge is 0.420 e. The van der Waals surface area contributed by atoms with Crippen LogP contribution in [0.5, 0.6) is 11.6 Å². The number of methoxy groups -OCH3 is 1. The van der Waals surface area contributed by atoms with E-state index in [1.807, 2.05) is 37.4 Å². The Morgan fingerprint density at radius 1 is 1.14 bits per heavy atom. The summed E-state index contributed by atoms with van der Waals surface area (Å²) >= 11 is 0. The first kappa shape index (κ1) is 25.2. The molecule has 0 spiro atoms. The van der Waals surface area contributed by atoms with E-state index in [0.29, 0.717) is 18.4 Å². The molecule has 0 aliphatic carbocycles. The molecule has 2 amide bonds. The van der Waals surface area contributed by atoms with Crippen molar-refractivity contribution in [2.24, 2.45) is 0 Å². The summed E-state index contributed by atoms with van der Waals surface area (Å²) in [5.74, 6) is 0.164. The van der Waals surface area contributed by atoms with Crippen LogP contribution in [0.1, 0.15) is 29.2 Å². The number of halogens is 3. The summed E-state index contributed by atoms with van der Waals surface area (Å²) in [6, 6.07) is 14.5. The Kier molecular flexibility index (Phi) is 7.58. The number of rotatable bonds is 8. The Morgan fingerprint density at radius 3 is 2.56 bits per heavy atom. The van der Waals surface area contributed by atoms with E-state index in [0.717, 1.165) is 18.2 Å². The number of fused-ring (bicyclic) bond motifs is 1. The van der Waals surface area contributed by atoms with Crippen LogP contribution in [0.3, 0.4) is 0 Å². The molecule has 8 nitrogen and oxygen atoms in total. The second kappa shape index (κ2) is 10.8. The summed E-state index contributed by atoms with van der Waals surface area (Å²) in [7, 11) is 3.05. The van der Waals surface area contributed by atoms with E-state index in [-0.39, 0.29) is 35.8 Å². The predicted octanol–water partition coefficient (Wildman–Crippen LogP) is 4.83. The van der Waals surface area contributed by atoms with Gasteiger partial charge in [0.25, 0.3) is 0 Å². The van der Waals surface area contributed by atoms with Crippen LogP contribution in [0, 0.1) is 0 Å². The monoisotopic (exact) mass is 501 g/mol. The zero-order valence-electron chi connectivity index (χ0n) is 19.8. The van der Waals surface area contributed by atoms with Crippen LogP contribution in [0.25, 0.3) is 0 Å². The third-order valence-electron chi connectivity index (χ3n) is 5.81. The molecule has 0 bridgehead atoms. The highest BCUT2D eigenvalue weighted by atomic mass is 19.4. The van der Waals surface area contributed by atoms with E-state index in [4.69, 9.17) is 9.47 Å². The third-order valence-corrected chi connectivity index (χ3v) is 5.81. The summed E-state index contributed by atoms with van der Waals surface area (Å²) < 4.78 is 51.3. The molecule has 36 heavy (non-hydrogen) atoms. The summed E-state index contributed by atoms with van der Waals surface area (Å²) in [5.41, 5.74) is 0.840. The van der Waals surface area contributed by atoms with Crippen molar-refractivity contribution in [1.82, 2.24) is 15.5 Å². The number of amides is 2. The largest absolute Gasteiger partial charge is 0.496 e. The van der Waals surface area contributed by atoms with E-state index >= 15 is 0 Å². The van der Waals surface area contributed by atoms with E-state index in [1.165, 1.54) is 24.1 Å². The van der Waals surface area contributed by atoms with Gasteiger partial charge >= 0.3 is 12.2 Å². The molecule has 0 fully saturated rings. The second-order valence-electron chi connectivity index (χ2n) is 8.18. The molecule has 4 rings (SSSR count). The van der Waals surface area contributed by atoms with Gasteiger partial charge in [0.2, 0.25) is 5.88 Å². The number of anilines is 2. The van der Waals surface area contributed by atoms with Crippen molar-refractivity contribution in [3.63, 3.8) is 0 Å². The maximum atomic E-state index is 13.5. The lowest BCUT2D eigenvalue weighted by molar-refractivity contribution is -0.138. The van der Waals surface area contributed by atoms with E-state index < -0.39 is 17.8 Å². The Hall–Kier alpha value is -3.86. The van der Waals surface area contributed by atoms with Crippen molar-refractivity contribution in [2.45, 2.75) is 25.1 Å². The average Bonchev–Trinajstić information content (AvgIpc) is 3.30. The topological polar surface area (TPSA) is 88.6 Å². The van der Waals surface area contributed by atoms with Gasteiger partial charge in [0, 0.05) is 24.7 Å². The molecule has 3 aromatic rings. The molecule has 1 aromatic heterocycles. The van der Waals surface area contributed by atoms with E-state index in [1.54, 1.807) is 6.07 Å². The molecule has 0 saturated carbocycles. The highest BCUT2D eigenvalue weighted by Gasteiger charge is 2.37. The molecule has 190 valence electrons. The Labute approximate surface area is 206 Å². The minimum absolute atomic E-state index is 0.150. The van der Waals surface area contributed by atoms with Crippen molar-refractivity contribution in [3.8, 4) is 11.6 Å². The summed E-state index contributed by atoms with van der Waals surface area (Å²) in [5, 5.41) is 13.8. The molecule has 11 heteroatoms. The van der Waals surface area contributed by atoms with Crippen LogP contribution in [0.15, 0.2) is 54.6 Å². The summed E-state index contributed by atoms with van der Waals surface area (Å²) in [6.45, 7) is 0.963. The van der Waals surface area contributed by atoms with E-state index in [2.05, 4.69) is 20.8 Å². The number of carbonyl (C=O) groups is 1. The van der Waals surface area contributed by atoms with Gasteiger partial charge in [-0.25, -0.2) is 4.79 Å². The first-order valence-corrected chi connectivity index (χ1v) is 11.4. The Balaban J connectivity index is 1.46. The molecule has 2 N–H and O–H groups in total. The standard InChI is InChI=1S/C25H26F3N5O3/c1-29-12-10-20(16-6-4-3-5-7-16)36-23-9-8-22(31-32-23)30-24(34)33-13-11-17-14-21(35-2)18(15-19(17)33)25(26,27)28/h3-9,14-15,20,29H,10-13H2,1-2H3,(H,30,31,34)/t20-/m1/s1. The van der Waals surface area contributed by atoms with Crippen molar-refractivity contribution in [2.75, 3.05) is 37.5 Å². The lowest BCUT2D eigenvalue weighted by Crippen LogP contribution is -2.33. The maximum absolute atomic E-state index is 13.5. The quantitative estimate of drug-likeness (QED) is 0.460. The minimum atomic E-state index is -4.61. The number of aromatic nitrogens is 2. The first-order chi connectivity index (χ1) is 17.3. The molecular formula is C25H26F3N5O3. The van der Waals surface area contributed by atoms with Gasteiger partial charge in [-0.2, -0.15) is 13.2 Å². The van der Waals surface area contributed by atoms with Crippen molar-refractivity contribution in [1.29, 1.82) is 0 Å². The normalized spacial score (nSPS) is 13.8. The van der Waals surface area contributed by atoms with Gasteiger partial charge in [0.05, 0.1) is 12.7 Å². The zero-order chi connectivity index (χ0) is 25.7. The van der Waals surface area contributed by atoms with Gasteiger partial charge in [0.1, 0.15) is 11.9 Å². The van der Waals surface area contributed by atoms with Crippen LogP contribution in [-0.2, 0) is 12.6 Å². The Morgan fingerprint density at radius 2 is 1.92 bits per heavy atom. The molecule has 1 aliphatic heterocycles. The molecule has 2 heterocycles. The van der Waals surface area contributed by atoms with Crippen molar-refractivity contribution < 1.29 is 27.4 Å². The fraction of sp³-hybridized carbons (Fsp3) is 0.320. The molecule has 1 atom stereocenters. The van der Waals surface area contributed by atoms with Crippen LogP contribution >= 0.6 is 0 Å². The third kappa shape index (κ3) is 5.68. The van der Waals surface area contributed by atoms with Crippen LogP contribution in [0.2, 0.25) is 0 Å². The maximum Gasteiger partial charge on any atom is 0.420 e. The van der Waals surface area contributed by atoms with Crippen molar-refractivity contribution >= 4 is 17.5 Å². The van der Waals surface area contributed by atoms with Gasteiger partial charge in [-0.3, -0.25) is 10.2 Å². The number of nitrogens with zero attached hydrogens (tertiary/aromatic N) is 3. The Bertz CT molecular complexity index is 1190. The SMILES string of the molecule is CNCC[C@@H](Oc1ccc(NC(=O)N2CCc3cc(OC)c(C(F)(F)F)cc32)nn1)c1ccccc1. The fourth-order valence-corrected chi connectivity index (χ4v) is 4.03. The second-order valence-corrected chi connectivity index (χ2v) is 8.18. The average molecular weight is 502 g/mol. The molecule has 0 radical (unpaired) electrons. The van der Waals surface area contributed by atoms with Gasteiger partial charge in [-0.15, -0.1) is 10.2 Å². The summed E-state index contributed by atoms with van der Waals surface area (Å²) in [6.07, 6.45) is -3.74. The fourth-order valence-electron chi connectivity index (χ4n) is 4.03. The molecule has 1 aliphatic rings. The lowest BCUT2D eigenvalue weighted by Gasteiger charge is -2.20. The number of hydrogen-bond acceptors (Lipinski definition) is 6. The zero-order valence-corrected chi connectivity index (χ0v) is 19.8. The number of urea groups is 1. The predicted molar refractivity (Wildman–Crippen MR) is 128 cm³/mol. The van der Waals surface area contributed by atoms with Crippen LogP contribution in [0.4, 0.5) is 29.5 Å². The number of carbonyl (C=O) groups excluding carboxylic acids is 1. The first-order valence-electron chi connectivity index (χ1n) is 11.4. The van der Waals surface area contributed by atoms with Gasteiger partial charge in [-0.05, 0) is 49.3 Å². The number of ether oxygens (including phenoxy) is 2. The number of nitrogens with one attached hydrogen (secondary N) is 2. The van der Waals surface area contributed by atoms with Gasteiger partial charge < -0.3 is 14.8 Å². The van der Waals surface area contributed by atoms with E-state index in [9.17, 15) is 18.0 Å². The molecule has 0 unspecified atom stereocenters. The molecule has 2 aromatic carbocycles. The highest BCUT2D eigenvalue weighted by molar-refractivity contribution is 6.02. The van der Waals surface area contributed by atoms with Crippen molar-refractivity contribution in [3.05, 3.63) is 71.3 Å². The number of hydrogen-bond donors (Lipinski definition) is 2. The highest BCUT2D eigenvalue weighted by Crippen LogP contribution is 2.42.